The maximum atomic E-state index is 13.5. The van der Waals surface area contributed by atoms with E-state index < -0.39 is 5.91 Å². The number of ketones is 1. The fourth-order valence-electron chi connectivity index (χ4n) is 3.62. The van der Waals surface area contributed by atoms with Crippen LogP contribution in [-0.2, 0) is 0 Å². The number of rotatable bonds is 13. The van der Waals surface area contributed by atoms with Crippen molar-refractivity contribution in [2.75, 3.05) is 37.4 Å². The molecule has 54 heavy (non-hydrogen) atoms. The molecule has 0 bridgehead atoms. The molecule has 1 amide bonds. The van der Waals surface area contributed by atoms with E-state index in [1.807, 2.05) is 12.1 Å². The van der Waals surface area contributed by atoms with Crippen molar-refractivity contribution in [2.45, 2.75) is 26.2 Å². The Morgan fingerprint density at radius 2 is 1.24 bits per heavy atom. The SMILES string of the molecule is C=C=C=C=C=C=C=C=C=C=C=C=NCCCOc1cc(C(=O)Nc2ccc(NC)cc2)c(OCCCC#CC#CC#CC#CC#CC#CN)cc1C(C)=O.[HH].[HH].[HH]. The summed E-state index contributed by atoms with van der Waals surface area (Å²) in [6, 6.07) is 12.4. The zero-order chi connectivity index (χ0) is 38.9. The molecule has 264 valence electrons. The van der Waals surface area contributed by atoms with Crippen LogP contribution in [0.2, 0.25) is 0 Å². The quantitative estimate of drug-likeness (QED) is 0.0571. The van der Waals surface area contributed by atoms with Gasteiger partial charge in [0.05, 0.1) is 30.9 Å². The number of carbonyl (C=O) groups is 2. The fourth-order valence-corrected chi connectivity index (χ4v) is 3.62. The third kappa shape index (κ3) is 18.2. The molecule has 0 spiro atoms. The summed E-state index contributed by atoms with van der Waals surface area (Å²) in [5.74, 6) is 30.5. The van der Waals surface area contributed by atoms with Gasteiger partial charge in [-0.1, -0.05) is 11.7 Å². The number of ether oxygens (including phenoxy) is 2. The molecule has 0 unspecified atom stereocenters. The summed E-state index contributed by atoms with van der Waals surface area (Å²) in [7, 11) is 1.80. The average Bonchev–Trinajstić information content (AvgIpc) is 3.18. The highest BCUT2D eigenvalue weighted by atomic mass is 16.5. The van der Waals surface area contributed by atoms with Gasteiger partial charge in [-0.15, -0.1) is 0 Å². The van der Waals surface area contributed by atoms with Crippen LogP contribution in [-0.4, -0.2) is 44.4 Å². The summed E-state index contributed by atoms with van der Waals surface area (Å²) in [4.78, 5) is 30.2. The van der Waals surface area contributed by atoms with Crippen LogP contribution in [0.3, 0.4) is 0 Å². The minimum atomic E-state index is -0.442. The molecule has 2 rings (SSSR count). The number of aliphatic imine (C=N–C) groups is 1. The predicted octanol–water partition coefficient (Wildman–Crippen LogP) is 6.19. The minimum Gasteiger partial charge on any atom is -0.493 e. The molecular weight excluding hydrogens is 673 g/mol. The second-order valence-corrected chi connectivity index (χ2v) is 9.70. The highest BCUT2D eigenvalue weighted by molar-refractivity contribution is 6.08. The Balaban J connectivity index is 0. The van der Waals surface area contributed by atoms with Crippen LogP contribution in [0.25, 0.3) is 0 Å². The van der Waals surface area contributed by atoms with Crippen LogP contribution in [0.15, 0.2) is 105 Å². The Labute approximate surface area is 320 Å². The summed E-state index contributed by atoms with van der Waals surface area (Å²) < 4.78 is 12.0. The molecule has 0 radical (unpaired) electrons. The summed E-state index contributed by atoms with van der Waals surface area (Å²) in [5, 5.41) is 5.91. The van der Waals surface area contributed by atoms with Gasteiger partial charge >= 0.3 is 0 Å². The molecule has 0 fully saturated rings. The van der Waals surface area contributed by atoms with E-state index in [1.54, 1.807) is 19.2 Å². The number of nitrogens with one attached hydrogen (secondary N) is 2. The maximum Gasteiger partial charge on any atom is 0.259 e. The summed E-state index contributed by atoms with van der Waals surface area (Å²) in [6.07, 6.45) is 1.49. The van der Waals surface area contributed by atoms with Gasteiger partial charge < -0.3 is 25.8 Å². The highest BCUT2D eigenvalue weighted by Gasteiger charge is 2.20. The smallest absolute Gasteiger partial charge is 0.259 e. The van der Waals surface area contributed by atoms with Crippen LogP contribution in [0.5, 0.6) is 11.5 Å². The number of unbranched alkanes of at least 4 members (excludes halogenated alkanes) is 1. The summed E-state index contributed by atoms with van der Waals surface area (Å²) >= 11 is 0. The second kappa shape index (κ2) is 27.2. The first-order valence-corrected chi connectivity index (χ1v) is 15.9. The van der Waals surface area contributed by atoms with Gasteiger partial charge in [-0.25, -0.2) is 4.99 Å². The molecule has 8 nitrogen and oxygen atoms in total. The molecule has 8 heteroatoms. The number of amides is 1. The van der Waals surface area contributed by atoms with Crippen LogP contribution in [0.1, 0.15) is 51.2 Å². The topological polar surface area (TPSA) is 115 Å². The third-order valence-corrected chi connectivity index (χ3v) is 5.96. The highest BCUT2D eigenvalue weighted by Crippen LogP contribution is 2.31. The number of Topliss-reactive ketones (excluding diaryl/α,β-unsaturated/α-hetero) is 1. The van der Waals surface area contributed by atoms with Crippen molar-refractivity contribution >= 4 is 28.9 Å². The molecular formula is C46H36N4O4. The van der Waals surface area contributed by atoms with Gasteiger partial charge in [-0.3, -0.25) is 9.59 Å². The molecule has 4 N–H and O–H groups in total. The zero-order valence-electron chi connectivity index (χ0n) is 29.6. The number of hydrogen-bond donors (Lipinski definition) is 3. The number of benzene rings is 2. The van der Waals surface area contributed by atoms with Crippen LogP contribution >= 0.6 is 0 Å². The Kier molecular flexibility index (Phi) is 21.0. The van der Waals surface area contributed by atoms with Gasteiger partial charge in [0.1, 0.15) is 11.5 Å². The summed E-state index contributed by atoms with van der Waals surface area (Å²) in [6.45, 7) is 5.54. The normalized spacial score (nSPS) is 7.59. The molecule has 0 atom stereocenters. The first-order chi connectivity index (χ1) is 26.5. The van der Waals surface area contributed by atoms with Crippen molar-refractivity contribution in [3.8, 4) is 82.7 Å². The number of hydrogen-bond acceptors (Lipinski definition) is 7. The van der Waals surface area contributed by atoms with E-state index in [0.29, 0.717) is 31.5 Å². The van der Waals surface area contributed by atoms with Crippen LogP contribution < -0.4 is 25.8 Å². The number of anilines is 2. The lowest BCUT2D eigenvalue weighted by molar-refractivity contribution is 0.0998. The first-order valence-electron chi connectivity index (χ1n) is 15.9. The van der Waals surface area contributed by atoms with Crippen molar-refractivity contribution in [2.24, 2.45) is 10.7 Å². The molecule has 2 aromatic rings. The zero-order valence-corrected chi connectivity index (χ0v) is 29.6. The molecule has 0 aliphatic rings. The van der Waals surface area contributed by atoms with E-state index in [9.17, 15) is 9.59 Å². The van der Waals surface area contributed by atoms with Crippen molar-refractivity contribution < 1.29 is 23.3 Å². The van der Waals surface area contributed by atoms with E-state index in [4.69, 9.17) is 15.2 Å². The molecule has 0 saturated heterocycles. The molecule has 2 aromatic carbocycles. The van der Waals surface area contributed by atoms with Crippen molar-refractivity contribution in [1.29, 1.82) is 0 Å². The summed E-state index contributed by atoms with van der Waals surface area (Å²) in [5.41, 5.74) is 32.0. The Morgan fingerprint density at radius 3 is 1.83 bits per heavy atom. The molecule has 0 aliphatic heterocycles. The van der Waals surface area contributed by atoms with Gasteiger partial charge in [0.2, 0.25) is 0 Å². The number of nitrogens with zero attached hydrogens (tertiary/aromatic N) is 1. The Hall–Kier alpha value is -8.61. The monoisotopic (exact) mass is 708 g/mol. The predicted molar refractivity (Wildman–Crippen MR) is 215 cm³/mol. The number of nitrogens with two attached hydrogens (primary N) is 1. The molecule has 0 heterocycles. The van der Waals surface area contributed by atoms with Gasteiger partial charge in [0, 0.05) is 106 Å². The lowest BCUT2D eigenvalue weighted by Gasteiger charge is -2.16. The van der Waals surface area contributed by atoms with Crippen LogP contribution in [0.4, 0.5) is 11.4 Å². The largest absolute Gasteiger partial charge is 0.493 e. The van der Waals surface area contributed by atoms with Gasteiger partial charge in [0.25, 0.3) is 5.91 Å². The fraction of sp³-hybridized carbons (Fsp3) is 0.174. The minimum absolute atomic E-state index is 0. The second-order valence-electron chi connectivity index (χ2n) is 9.70. The molecule has 0 aromatic heterocycles. The lowest BCUT2D eigenvalue weighted by Crippen LogP contribution is -2.16. The van der Waals surface area contributed by atoms with Gasteiger partial charge in [0.15, 0.2) is 5.78 Å². The van der Waals surface area contributed by atoms with E-state index in [2.05, 4.69) is 157 Å². The van der Waals surface area contributed by atoms with Crippen molar-refractivity contribution in [3.05, 3.63) is 111 Å². The Morgan fingerprint density at radius 1 is 0.722 bits per heavy atom. The van der Waals surface area contributed by atoms with Crippen LogP contribution in [0, 0.1) is 71.2 Å². The van der Waals surface area contributed by atoms with Crippen molar-refractivity contribution in [1.82, 2.24) is 0 Å². The third-order valence-electron chi connectivity index (χ3n) is 5.96. The average molecular weight is 709 g/mol. The molecule has 0 aliphatic carbocycles. The van der Waals surface area contributed by atoms with E-state index >= 15 is 0 Å². The van der Waals surface area contributed by atoms with Gasteiger partial charge in [-0.2, -0.15) is 0 Å². The lowest BCUT2D eigenvalue weighted by atomic mass is 10.0. The Bertz CT molecular complexity index is 2580. The maximum absolute atomic E-state index is 13.5. The van der Waals surface area contributed by atoms with E-state index in [0.717, 1.165) is 5.69 Å². The number of carbonyl (C=O) groups excluding carboxylic acids is 2. The van der Waals surface area contributed by atoms with E-state index in [1.165, 1.54) is 19.1 Å². The standard InChI is InChI=1S/C46H30N4O4.3H2/c1-4-5-6-7-8-9-16-19-22-25-33-49-34-27-36-54-44-38-43(46(52)50-41-30-28-40(48-3)29-31-41)45(37-42(44)39(2)51)53-35-26-23-20-17-14-12-10-11-13-15-18-21-24-32-47;;;/h28-31,37-38,48H,1,23,26-27,34-36,47H2,2-3H3,(H,50,52);3*1H. The molecule has 0 saturated carbocycles. The van der Waals surface area contributed by atoms with Gasteiger partial charge in [-0.05, 0) is 109 Å². The first kappa shape index (κ1) is 41.6. The van der Waals surface area contributed by atoms with E-state index in [-0.39, 0.29) is 45.9 Å². The van der Waals surface area contributed by atoms with Crippen molar-refractivity contribution in [3.63, 3.8) is 0 Å².